The zero-order valence-corrected chi connectivity index (χ0v) is 12.4. The van der Waals surface area contributed by atoms with Gasteiger partial charge in [0.2, 0.25) is 10.0 Å². The molecule has 1 atom stereocenters. The van der Waals surface area contributed by atoms with Crippen molar-refractivity contribution in [2.45, 2.75) is 23.9 Å². The van der Waals surface area contributed by atoms with Gasteiger partial charge in [-0.15, -0.1) is 0 Å². The van der Waals surface area contributed by atoms with Crippen LogP contribution in [0.5, 0.6) is 0 Å². The van der Waals surface area contributed by atoms with Crippen LogP contribution in [0.1, 0.15) is 11.1 Å². The van der Waals surface area contributed by atoms with E-state index in [1.807, 2.05) is 42.5 Å². The van der Waals surface area contributed by atoms with Crippen molar-refractivity contribution in [3.8, 4) is 0 Å². The van der Waals surface area contributed by atoms with Crippen LogP contribution in [-0.4, -0.2) is 21.0 Å². The lowest BCUT2D eigenvalue weighted by Gasteiger charge is -2.26. The molecule has 21 heavy (non-hydrogen) atoms. The highest BCUT2D eigenvalue weighted by atomic mass is 32.2. The minimum atomic E-state index is -3.38. The van der Waals surface area contributed by atoms with E-state index in [0.717, 1.165) is 18.5 Å². The molecule has 0 saturated carbocycles. The quantitative estimate of drug-likeness (QED) is 0.903. The van der Waals surface area contributed by atoms with Crippen molar-refractivity contribution in [3.63, 3.8) is 0 Å². The predicted molar refractivity (Wildman–Crippen MR) is 82.4 cm³/mol. The summed E-state index contributed by atoms with van der Waals surface area (Å²) >= 11 is 0. The molecule has 1 unspecified atom stereocenters. The lowest BCUT2D eigenvalue weighted by molar-refractivity contribution is 0.497. The van der Waals surface area contributed by atoms with Gasteiger partial charge in [-0.05, 0) is 23.6 Å². The molecule has 0 saturated heterocycles. The zero-order chi connectivity index (χ0) is 14.7. The molecular weight excluding hydrogens is 284 g/mol. The molecule has 2 N–H and O–H groups in total. The maximum atomic E-state index is 12.2. The molecule has 1 aliphatic heterocycles. The number of benzene rings is 2. The minimum absolute atomic E-state index is 0.103. The fourth-order valence-electron chi connectivity index (χ4n) is 2.63. The van der Waals surface area contributed by atoms with Crippen molar-refractivity contribution in [1.29, 1.82) is 0 Å². The molecule has 0 radical (unpaired) electrons. The van der Waals surface area contributed by atoms with Crippen molar-refractivity contribution < 1.29 is 8.42 Å². The first-order valence-corrected chi connectivity index (χ1v) is 8.48. The highest BCUT2D eigenvalue weighted by Crippen LogP contribution is 2.22. The van der Waals surface area contributed by atoms with Crippen LogP contribution in [0.25, 0.3) is 0 Å². The average molecular weight is 302 g/mol. The number of nitrogens with one attached hydrogen (secondary N) is 2. The lowest BCUT2D eigenvalue weighted by Crippen LogP contribution is -2.46. The highest BCUT2D eigenvalue weighted by molar-refractivity contribution is 7.89. The van der Waals surface area contributed by atoms with Crippen molar-refractivity contribution in [3.05, 3.63) is 65.7 Å². The first kappa shape index (κ1) is 14.3. The van der Waals surface area contributed by atoms with Crippen LogP contribution in [0.4, 0.5) is 0 Å². The van der Waals surface area contributed by atoms with Crippen molar-refractivity contribution >= 4 is 10.0 Å². The van der Waals surface area contributed by atoms with E-state index in [9.17, 15) is 8.42 Å². The van der Waals surface area contributed by atoms with Gasteiger partial charge in [-0.3, -0.25) is 0 Å². The molecule has 0 aliphatic carbocycles. The van der Waals surface area contributed by atoms with E-state index in [1.165, 1.54) is 5.56 Å². The van der Waals surface area contributed by atoms with Crippen LogP contribution >= 0.6 is 0 Å². The molecule has 0 bridgehead atoms. The summed E-state index contributed by atoms with van der Waals surface area (Å²) in [6.45, 7) is 1.35. The smallest absolute Gasteiger partial charge is 0.241 e. The second kappa shape index (κ2) is 5.97. The van der Waals surface area contributed by atoms with Gasteiger partial charge in [0.15, 0.2) is 0 Å². The topological polar surface area (TPSA) is 58.2 Å². The summed E-state index contributed by atoms with van der Waals surface area (Å²) in [6, 6.07) is 17.2. The Hall–Kier alpha value is -1.69. The van der Waals surface area contributed by atoms with Gasteiger partial charge in [0.25, 0.3) is 0 Å². The SMILES string of the molecule is O=S1(=O)NC(CNCc2ccccc2)Cc2ccccc21. The van der Waals surface area contributed by atoms with Crippen molar-refractivity contribution in [2.24, 2.45) is 0 Å². The third kappa shape index (κ3) is 3.32. The van der Waals surface area contributed by atoms with Gasteiger partial charge in [0.05, 0.1) is 4.90 Å². The maximum absolute atomic E-state index is 12.2. The number of rotatable bonds is 4. The first-order valence-electron chi connectivity index (χ1n) is 7.00. The van der Waals surface area contributed by atoms with Gasteiger partial charge in [-0.1, -0.05) is 48.5 Å². The van der Waals surface area contributed by atoms with Crippen LogP contribution in [0, 0.1) is 0 Å². The van der Waals surface area contributed by atoms with E-state index >= 15 is 0 Å². The van der Waals surface area contributed by atoms with Crippen molar-refractivity contribution in [2.75, 3.05) is 6.54 Å². The van der Waals surface area contributed by atoms with E-state index in [4.69, 9.17) is 0 Å². The Morgan fingerprint density at radius 2 is 1.76 bits per heavy atom. The van der Waals surface area contributed by atoms with Crippen LogP contribution < -0.4 is 10.0 Å². The molecule has 110 valence electrons. The monoisotopic (exact) mass is 302 g/mol. The summed E-state index contributed by atoms with van der Waals surface area (Å²) in [5, 5.41) is 3.31. The van der Waals surface area contributed by atoms with Gasteiger partial charge in [-0.25, -0.2) is 13.1 Å². The van der Waals surface area contributed by atoms with Crippen LogP contribution in [0.3, 0.4) is 0 Å². The van der Waals surface area contributed by atoms with Gasteiger partial charge < -0.3 is 5.32 Å². The summed E-state index contributed by atoms with van der Waals surface area (Å²) in [5.74, 6) is 0. The Labute approximate surface area is 125 Å². The Kier molecular flexibility index (Phi) is 4.05. The third-order valence-corrected chi connectivity index (χ3v) is 5.23. The minimum Gasteiger partial charge on any atom is -0.311 e. The standard InChI is InChI=1S/C16H18N2O2S/c19-21(20)16-9-5-4-8-14(16)10-15(18-21)12-17-11-13-6-2-1-3-7-13/h1-9,15,17-18H,10-12H2. The van der Waals surface area contributed by atoms with Gasteiger partial charge in [0, 0.05) is 19.1 Å². The number of hydrogen-bond acceptors (Lipinski definition) is 3. The zero-order valence-electron chi connectivity index (χ0n) is 11.6. The van der Waals surface area contributed by atoms with Crippen molar-refractivity contribution in [1.82, 2.24) is 10.0 Å². The van der Waals surface area contributed by atoms with E-state index in [1.54, 1.807) is 12.1 Å². The van der Waals surface area contributed by atoms with Gasteiger partial charge in [-0.2, -0.15) is 0 Å². The molecule has 3 rings (SSSR count). The highest BCUT2D eigenvalue weighted by Gasteiger charge is 2.28. The maximum Gasteiger partial charge on any atom is 0.241 e. The molecule has 2 aromatic rings. The Bertz CT molecular complexity index is 714. The first-order chi connectivity index (χ1) is 10.1. The van der Waals surface area contributed by atoms with Gasteiger partial charge >= 0.3 is 0 Å². The van der Waals surface area contributed by atoms with Crippen LogP contribution in [0.15, 0.2) is 59.5 Å². The number of sulfonamides is 1. The molecule has 0 fully saturated rings. The summed E-state index contributed by atoms with van der Waals surface area (Å²) in [6.07, 6.45) is 0.719. The Morgan fingerprint density at radius 3 is 2.57 bits per heavy atom. The molecule has 0 aromatic heterocycles. The molecule has 1 aliphatic rings. The molecular formula is C16H18N2O2S. The molecule has 4 nitrogen and oxygen atoms in total. The van der Waals surface area contributed by atoms with E-state index in [0.29, 0.717) is 11.4 Å². The molecule has 0 amide bonds. The fourth-order valence-corrected chi connectivity index (χ4v) is 4.11. The number of fused-ring (bicyclic) bond motifs is 1. The number of hydrogen-bond donors (Lipinski definition) is 2. The molecule has 1 heterocycles. The Balaban J connectivity index is 1.64. The predicted octanol–water partition coefficient (Wildman–Crippen LogP) is 1.68. The lowest BCUT2D eigenvalue weighted by atomic mass is 10.1. The summed E-state index contributed by atoms with van der Waals surface area (Å²) in [5.41, 5.74) is 2.08. The summed E-state index contributed by atoms with van der Waals surface area (Å²) < 4.78 is 27.1. The van der Waals surface area contributed by atoms with Crippen LogP contribution in [0.2, 0.25) is 0 Å². The van der Waals surface area contributed by atoms with Crippen LogP contribution in [-0.2, 0) is 23.0 Å². The van der Waals surface area contributed by atoms with E-state index < -0.39 is 10.0 Å². The van der Waals surface area contributed by atoms with Gasteiger partial charge in [0.1, 0.15) is 0 Å². The largest absolute Gasteiger partial charge is 0.311 e. The second-order valence-electron chi connectivity index (χ2n) is 5.25. The average Bonchev–Trinajstić information content (AvgIpc) is 2.48. The molecule has 2 aromatic carbocycles. The van der Waals surface area contributed by atoms with E-state index in [-0.39, 0.29) is 6.04 Å². The molecule has 0 spiro atoms. The molecule has 5 heteroatoms. The van der Waals surface area contributed by atoms with E-state index in [2.05, 4.69) is 10.0 Å². The normalized spacial score (nSPS) is 19.9. The third-order valence-electron chi connectivity index (χ3n) is 3.61. The summed E-state index contributed by atoms with van der Waals surface area (Å²) in [4.78, 5) is 0.407. The summed E-state index contributed by atoms with van der Waals surface area (Å²) in [7, 11) is -3.38. The second-order valence-corrected chi connectivity index (χ2v) is 6.93. The Morgan fingerprint density at radius 1 is 1.05 bits per heavy atom. The fraction of sp³-hybridized carbons (Fsp3) is 0.250.